The van der Waals surface area contributed by atoms with Crippen molar-refractivity contribution in [2.75, 3.05) is 14.2 Å². The van der Waals surface area contributed by atoms with E-state index in [9.17, 15) is 4.79 Å². The van der Waals surface area contributed by atoms with E-state index >= 15 is 0 Å². The minimum Gasteiger partial charge on any atom is -0.497 e. The van der Waals surface area contributed by atoms with E-state index in [0.717, 1.165) is 29.8 Å². The van der Waals surface area contributed by atoms with Gasteiger partial charge in [-0.05, 0) is 60.1 Å². The van der Waals surface area contributed by atoms with Crippen molar-refractivity contribution >= 4 is 5.91 Å². The smallest absolute Gasteiger partial charge is 0.225 e. The standard InChI is InChI=1S/C25H29N3O3/c1-28-11-10-26-25(28)24(20-14-21(30-2)16-22(15-20)31-3)27-23(29)13-17-8-9-18-6-4-5-7-19(18)12-17/h8-12,14-16,24H,4-7,13H2,1-3H3,(H,27,29). The fourth-order valence-electron chi connectivity index (χ4n) is 4.24. The Morgan fingerprint density at radius 2 is 1.77 bits per heavy atom. The number of rotatable bonds is 7. The van der Waals surface area contributed by atoms with Crippen LogP contribution in [0.15, 0.2) is 48.8 Å². The molecule has 2 aromatic carbocycles. The van der Waals surface area contributed by atoms with Crippen molar-refractivity contribution < 1.29 is 14.3 Å². The number of ether oxygens (including phenoxy) is 2. The number of hydrogen-bond acceptors (Lipinski definition) is 4. The van der Waals surface area contributed by atoms with Gasteiger partial charge in [0.2, 0.25) is 5.91 Å². The lowest BCUT2D eigenvalue weighted by Crippen LogP contribution is -2.32. The van der Waals surface area contributed by atoms with Gasteiger partial charge in [-0.15, -0.1) is 0 Å². The Kier molecular flexibility index (Phi) is 6.26. The zero-order valence-electron chi connectivity index (χ0n) is 18.4. The van der Waals surface area contributed by atoms with Crippen molar-refractivity contribution in [2.45, 2.75) is 38.1 Å². The monoisotopic (exact) mass is 419 g/mol. The molecule has 4 rings (SSSR count). The first-order valence-electron chi connectivity index (χ1n) is 10.7. The van der Waals surface area contributed by atoms with E-state index in [-0.39, 0.29) is 5.91 Å². The molecule has 0 radical (unpaired) electrons. The van der Waals surface area contributed by atoms with E-state index in [1.165, 1.54) is 24.0 Å². The molecular formula is C25H29N3O3. The minimum atomic E-state index is -0.422. The summed E-state index contributed by atoms with van der Waals surface area (Å²) >= 11 is 0. The Morgan fingerprint density at radius 3 is 2.42 bits per heavy atom. The quantitative estimate of drug-likeness (QED) is 0.633. The van der Waals surface area contributed by atoms with Gasteiger partial charge in [0.25, 0.3) is 0 Å². The van der Waals surface area contributed by atoms with E-state index in [4.69, 9.17) is 9.47 Å². The number of aryl methyl sites for hydroxylation is 3. The Bertz CT molecular complexity index is 1050. The van der Waals surface area contributed by atoms with Gasteiger partial charge in [-0.2, -0.15) is 0 Å². The fourth-order valence-corrected chi connectivity index (χ4v) is 4.24. The lowest BCUT2D eigenvalue weighted by Gasteiger charge is -2.21. The minimum absolute atomic E-state index is 0.0504. The number of methoxy groups -OCH3 is 2. The normalized spacial score (nSPS) is 13.9. The number of imidazole rings is 1. The zero-order chi connectivity index (χ0) is 21.8. The molecule has 6 nitrogen and oxygen atoms in total. The summed E-state index contributed by atoms with van der Waals surface area (Å²) in [5.41, 5.74) is 4.70. The topological polar surface area (TPSA) is 65.4 Å². The first-order valence-corrected chi connectivity index (χ1v) is 10.7. The van der Waals surface area contributed by atoms with E-state index in [0.29, 0.717) is 17.9 Å². The summed E-state index contributed by atoms with van der Waals surface area (Å²) < 4.78 is 12.8. The number of carbonyl (C=O) groups excluding carboxylic acids is 1. The van der Waals surface area contributed by atoms with Gasteiger partial charge in [-0.3, -0.25) is 4.79 Å². The van der Waals surface area contributed by atoms with Gasteiger partial charge in [0.05, 0.1) is 20.6 Å². The molecule has 1 heterocycles. The van der Waals surface area contributed by atoms with Crippen LogP contribution < -0.4 is 14.8 Å². The second kappa shape index (κ2) is 9.25. The second-order valence-electron chi connectivity index (χ2n) is 8.03. The number of amides is 1. The summed E-state index contributed by atoms with van der Waals surface area (Å²) in [5, 5.41) is 3.17. The second-order valence-corrected chi connectivity index (χ2v) is 8.03. The highest BCUT2D eigenvalue weighted by Crippen LogP contribution is 2.29. The number of benzene rings is 2. The first kappa shape index (κ1) is 21.0. The molecule has 162 valence electrons. The van der Waals surface area contributed by atoms with Crippen molar-refractivity contribution in [3.8, 4) is 11.5 Å². The maximum Gasteiger partial charge on any atom is 0.225 e. The molecule has 1 aromatic heterocycles. The van der Waals surface area contributed by atoms with Crippen LogP contribution in [-0.2, 0) is 31.1 Å². The molecule has 0 spiro atoms. The number of hydrogen-bond donors (Lipinski definition) is 1. The molecule has 0 fully saturated rings. The van der Waals surface area contributed by atoms with Crippen LogP contribution in [0.4, 0.5) is 0 Å². The molecule has 1 N–H and O–H groups in total. The molecule has 0 saturated heterocycles. The van der Waals surface area contributed by atoms with Gasteiger partial charge < -0.3 is 19.4 Å². The lowest BCUT2D eigenvalue weighted by molar-refractivity contribution is -0.121. The van der Waals surface area contributed by atoms with Gasteiger partial charge in [0.15, 0.2) is 0 Å². The molecule has 1 aliphatic rings. The van der Waals surface area contributed by atoms with Crippen LogP contribution in [0.1, 0.15) is 47.0 Å². The van der Waals surface area contributed by atoms with E-state index in [1.807, 2.05) is 36.0 Å². The molecule has 1 aliphatic carbocycles. The summed E-state index contributed by atoms with van der Waals surface area (Å²) in [5.74, 6) is 2.02. The van der Waals surface area contributed by atoms with E-state index in [1.54, 1.807) is 20.4 Å². The Labute approximate surface area is 183 Å². The number of nitrogens with one attached hydrogen (secondary N) is 1. The van der Waals surface area contributed by atoms with Gasteiger partial charge in [-0.1, -0.05) is 18.2 Å². The van der Waals surface area contributed by atoms with Crippen LogP contribution in [0.3, 0.4) is 0 Å². The van der Waals surface area contributed by atoms with Crippen LogP contribution in [0.25, 0.3) is 0 Å². The SMILES string of the molecule is COc1cc(OC)cc(C(NC(=O)Cc2ccc3c(c2)CCCC3)c2nccn2C)c1. The largest absolute Gasteiger partial charge is 0.497 e. The van der Waals surface area contributed by atoms with Crippen LogP contribution in [0, 0.1) is 0 Å². The third kappa shape index (κ3) is 4.74. The van der Waals surface area contributed by atoms with Crippen molar-refractivity contribution in [3.05, 3.63) is 76.9 Å². The molecule has 3 aromatic rings. The van der Waals surface area contributed by atoms with Crippen LogP contribution >= 0.6 is 0 Å². The zero-order valence-corrected chi connectivity index (χ0v) is 18.4. The third-order valence-electron chi connectivity index (χ3n) is 5.91. The summed E-state index contributed by atoms with van der Waals surface area (Å²) in [6.45, 7) is 0. The fraction of sp³-hybridized carbons (Fsp3) is 0.360. The maximum absolute atomic E-state index is 13.1. The van der Waals surface area contributed by atoms with Gasteiger partial charge in [0, 0.05) is 25.5 Å². The molecular weight excluding hydrogens is 390 g/mol. The Balaban J connectivity index is 1.60. The summed E-state index contributed by atoms with van der Waals surface area (Å²) in [7, 11) is 5.15. The summed E-state index contributed by atoms with van der Waals surface area (Å²) in [6.07, 6.45) is 8.65. The molecule has 1 atom stereocenters. The number of nitrogens with zero attached hydrogens (tertiary/aromatic N) is 2. The predicted molar refractivity (Wildman–Crippen MR) is 120 cm³/mol. The van der Waals surface area contributed by atoms with Crippen LogP contribution in [-0.4, -0.2) is 29.7 Å². The lowest BCUT2D eigenvalue weighted by atomic mass is 9.90. The number of carbonyl (C=O) groups is 1. The first-order chi connectivity index (χ1) is 15.1. The predicted octanol–water partition coefficient (Wildman–Crippen LogP) is 3.76. The average molecular weight is 420 g/mol. The number of fused-ring (bicyclic) bond motifs is 1. The van der Waals surface area contributed by atoms with E-state index in [2.05, 4.69) is 28.5 Å². The van der Waals surface area contributed by atoms with Crippen molar-refractivity contribution in [1.29, 1.82) is 0 Å². The Hall–Kier alpha value is -3.28. The van der Waals surface area contributed by atoms with Crippen LogP contribution in [0.5, 0.6) is 11.5 Å². The molecule has 1 unspecified atom stereocenters. The van der Waals surface area contributed by atoms with Gasteiger partial charge >= 0.3 is 0 Å². The Morgan fingerprint density at radius 1 is 1.06 bits per heavy atom. The van der Waals surface area contributed by atoms with Crippen LogP contribution in [0.2, 0.25) is 0 Å². The molecule has 0 bridgehead atoms. The van der Waals surface area contributed by atoms with Crippen molar-refractivity contribution in [2.24, 2.45) is 7.05 Å². The highest BCUT2D eigenvalue weighted by atomic mass is 16.5. The molecule has 31 heavy (non-hydrogen) atoms. The maximum atomic E-state index is 13.1. The molecule has 0 aliphatic heterocycles. The molecule has 0 saturated carbocycles. The number of aromatic nitrogens is 2. The van der Waals surface area contributed by atoms with Crippen molar-refractivity contribution in [3.63, 3.8) is 0 Å². The third-order valence-corrected chi connectivity index (χ3v) is 5.91. The molecule has 1 amide bonds. The van der Waals surface area contributed by atoms with E-state index < -0.39 is 6.04 Å². The highest BCUT2D eigenvalue weighted by molar-refractivity contribution is 5.79. The summed E-state index contributed by atoms with van der Waals surface area (Å²) in [4.78, 5) is 17.6. The van der Waals surface area contributed by atoms with Crippen molar-refractivity contribution in [1.82, 2.24) is 14.9 Å². The van der Waals surface area contributed by atoms with Gasteiger partial charge in [0.1, 0.15) is 23.4 Å². The highest BCUT2D eigenvalue weighted by Gasteiger charge is 2.23. The molecule has 6 heteroatoms. The summed E-state index contributed by atoms with van der Waals surface area (Å²) in [6, 6.07) is 11.7. The average Bonchev–Trinajstić information content (AvgIpc) is 3.22. The van der Waals surface area contributed by atoms with Gasteiger partial charge in [-0.25, -0.2) is 4.98 Å².